The number of amides is 1. The molecule has 0 radical (unpaired) electrons. The number of rotatable bonds is 3. The summed E-state index contributed by atoms with van der Waals surface area (Å²) in [6, 6.07) is 9.88. The largest absolute Gasteiger partial charge is 0.457 e. The Morgan fingerprint density at radius 1 is 1.11 bits per heavy atom. The number of ether oxygens (including phenoxy) is 2. The van der Waals surface area contributed by atoms with Crippen molar-refractivity contribution in [2.24, 2.45) is 0 Å². The van der Waals surface area contributed by atoms with E-state index in [1.165, 1.54) is 11.0 Å². The molecular formula is C25H25N7O4. The van der Waals surface area contributed by atoms with Crippen molar-refractivity contribution in [3.05, 3.63) is 64.6 Å². The van der Waals surface area contributed by atoms with Gasteiger partial charge in [0.2, 0.25) is 5.91 Å². The van der Waals surface area contributed by atoms with E-state index in [4.69, 9.17) is 14.5 Å². The zero-order valence-electron chi connectivity index (χ0n) is 19.6. The lowest BCUT2D eigenvalue weighted by molar-refractivity contribution is -0.141. The molecule has 0 N–H and O–H groups in total. The Kier molecular flexibility index (Phi) is 5.07. The molecule has 2 aromatic heterocycles. The third kappa shape index (κ3) is 3.58. The van der Waals surface area contributed by atoms with E-state index in [0.717, 1.165) is 48.3 Å². The van der Waals surface area contributed by atoms with Gasteiger partial charge in [0.15, 0.2) is 5.82 Å². The van der Waals surface area contributed by atoms with E-state index < -0.39 is 0 Å². The van der Waals surface area contributed by atoms with Gasteiger partial charge < -0.3 is 14.4 Å². The zero-order chi connectivity index (χ0) is 24.2. The second-order valence-corrected chi connectivity index (χ2v) is 9.80. The maximum atomic E-state index is 13.5. The highest BCUT2D eigenvalue weighted by Crippen LogP contribution is 2.35. The van der Waals surface area contributed by atoms with Crippen LogP contribution in [0.15, 0.2) is 36.7 Å². The van der Waals surface area contributed by atoms with E-state index in [1.807, 2.05) is 35.2 Å². The van der Waals surface area contributed by atoms with Crippen LogP contribution in [-0.4, -0.2) is 85.7 Å². The van der Waals surface area contributed by atoms with Crippen LogP contribution < -0.4 is 0 Å². The lowest BCUT2D eigenvalue weighted by Crippen LogP contribution is -2.60. The van der Waals surface area contributed by atoms with E-state index in [1.54, 1.807) is 0 Å². The SMILES string of the molecule is O=C1OCc2cc(C3CN4CCN(C(=O)C5CCc6nc(-n7cnnn7)ccc65)CC4CO3)ccc21. The number of cyclic esters (lactones) is 1. The fourth-order valence-electron chi connectivity index (χ4n) is 5.87. The summed E-state index contributed by atoms with van der Waals surface area (Å²) in [5.41, 5.74) is 4.61. The van der Waals surface area contributed by atoms with Gasteiger partial charge in [-0.05, 0) is 52.6 Å². The van der Waals surface area contributed by atoms with Crippen LogP contribution in [0.5, 0.6) is 0 Å². The van der Waals surface area contributed by atoms with Crippen molar-refractivity contribution in [3.63, 3.8) is 0 Å². The van der Waals surface area contributed by atoms with Gasteiger partial charge in [-0.3, -0.25) is 9.69 Å². The second-order valence-electron chi connectivity index (χ2n) is 9.80. The molecule has 2 fully saturated rings. The maximum Gasteiger partial charge on any atom is 0.338 e. The average molecular weight is 488 g/mol. The number of hydrogen-bond donors (Lipinski definition) is 0. The average Bonchev–Trinajstić information content (AvgIpc) is 3.67. The van der Waals surface area contributed by atoms with Crippen LogP contribution in [0.1, 0.15) is 51.2 Å². The lowest BCUT2D eigenvalue weighted by Gasteiger charge is -2.46. The van der Waals surface area contributed by atoms with Crippen LogP contribution in [0.25, 0.3) is 5.82 Å². The van der Waals surface area contributed by atoms with Crippen molar-refractivity contribution < 1.29 is 19.1 Å². The number of tetrazole rings is 1. The number of benzene rings is 1. The number of aromatic nitrogens is 5. The molecule has 184 valence electrons. The van der Waals surface area contributed by atoms with Crippen molar-refractivity contribution >= 4 is 11.9 Å². The van der Waals surface area contributed by atoms with Crippen LogP contribution in [0.2, 0.25) is 0 Å². The summed E-state index contributed by atoms with van der Waals surface area (Å²) >= 11 is 0. The highest BCUT2D eigenvalue weighted by atomic mass is 16.5. The number of nitrogens with zero attached hydrogens (tertiary/aromatic N) is 7. The molecule has 0 bridgehead atoms. The molecule has 3 aliphatic heterocycles. The number of fused-ring (bicyclic) bond motifs is 3. The highest BCUT2D eigenvalue weighted by molar-refractivity contribution is 5.93. The van der Waals surface area contributed by atoms with Crippen molar-refractivity contribution in [1.82, 2.24) is 35.0 Å². The number of morpholine rings is 1. The first-order valence-corrected chi connectivity index (χ1v) is 12.3. The number of hydrogen-bond acceptors (Lipinski definition) is 9. The van der Waals surface area contributed by atoms with E-state index in [0.29, 0.717) is 37.7 Å². The molecule has 2 saturated heterocycles. The molecule has 0 saturated carbocycles. The third-order valence-electron chi connectivity index (χ3n) is 7.81. The van der Waals surface area contributed by atoms with Crippen molar-refractivity contribution in [1.29, 1.82) is 0 Å². The van der Waals surface area contributed by atoms with Gasteiger partial charge in [-0.1, -0.05) is 12.1 Å². The fraction of sp³-hybridized carbons (Fsp3) is 0.440. The molecule has 3 aromatic rings. The van der Waals surface area contributed by atoms with Crippen LogP contribution in [0.3, 0.4) is 0 Å². The predicted molar refractivity (Wildman–Crippen MR) is 124 cm³/mol. The second kappa shape index (κ2) is 8.45. The highest BCUT2D eigenvalue weighted by Gasteiger charge is 2.39. The van der Waals surface area contributed by atoms with Gasteiger partial charge in [0.1, 0.15) is 12.9 Å². The number of aryl methyl sites for hydroxylation is 1. The fourth-order valence-corrected chi connectivity index (χ4v) is 5.87. The Balaban J connectivity index is 1.01. The molecule has 7 rings (SSSR count). The number of piperazine rings is 1. The predicted octanol–water partition coefficient (Wildman–Crippen LogP) is 1.04. The minimum atomic E-state index is -0.254. The summed E-state index contributed by atoms with van der Waals surface area (Å²) in [5.74, 6) is 0.429. The molecule has 1 amide bonds. The van der Waals surface area contributed by atoms with Crippen molar-refractivity contribution in [2.45, 2.75) is 37.5 Å². The molecule has 1 aromatic carbocycles. The smallest absolute Gasteiger partial charge is 0.338 e. The molecule has 3 unspecified atom stereocenters. The Bertz CT molecular complexity index is 1340. The third-order valence-corrected chi connectivity index (χ3v) is 7.81. The molecular weight excluding hydrogens is 462 g/mol. The first kappa shape index (κ1) is 21.6. The van der Waals surface area contributed by atoms with Crippen LogP contribution in [0, 0.1) is 0 Å². The van der Waals surface area contributed by atoms with Crippen molar-refractivity contribution in [2.75, 3.05) is 32.8 Å². The quantitative estimate of drug-likeness (QED) is 0.500. The molecule has 0 spiro atoms. The van der Waals surface area contributed by atoms with Crippen LogP contribution in [0.4, 0.5) is 0 Å². The molecule has 11 heteroatoms. The molecule has 11 nitrogen and oxygen atoms in total. The minimum absolute atomic E-state index is 0.0494. The van der Waals surface area contributed by atoms with Crippen molar-refractivity contribution in [3.8, 4) is 5.82 Å². The maximum absolute atomic E-state index is 13.5. The molecule has 4 aliphatic rings. The zero-order valence-corrected chi connectivity index (χ0v) is 19.6. The lowest BCUT2D eigenvalue weighted by atomic mass is 9.98. The standard InChI is InChI=1S/C25H25N7O4/c33-24(20-3-5-21-19(20)4-6-23(27-21)32-14-26-28-29-32)31-8-7-30-11-22(35-13-17(30)10-31)15-1-2-18-16(9-15)12-36-25(18)34/h1-2,4,6,9,14,17,20,22H,3,5,7-8,10-13H2. The topological polar surface area (TPSA) is 116 Å². The number of esters is 1. The summed E-state index contributed by atoms with van der Waals surface area (Å²) in [7, 11) is 0. The van der Waals surface area contributed by atoms with E-state index >= 15 is 0 Å². The Labute approximate surface area is 207 Å². The Morgan fingerprint density at radius 2 is 2.06 bits per heavy atom. The summed E-state index contributed by atoms with van der Waals surface area (Å²) in [4.78, 5) is 34.4. The molecule has 36 heavy (non-hydrogen) atoms. The van der Waals surface area contributed by atoms with Gasteiger partial charge in [-0.15, -0.1) is 5.10 Å². The first-order valence-electron chi connectivity index (χ1n) is 12.3. The van der Waals surface area contributed by atoms with Gasteiger partial charge in [0.25, 0.3) is 0 Å². The van der Waals surface area contributed by atoms with Crippen LogP contribution >= 0.6 is 0 Å². The summed E-state index contributed by atoms with van der Waals surface area (Å²) < 4.78 is 12.9. The monoisotopic (exact) mass is 487 g/mol. The summed E-state index contributed by atoms with van der Waals surface area (Å²) in [6.45, 7) is 3.86. The van der Waals surface area contributed by atoms with Crippen LogP contribution in [-0.2, 0) is 27.3 Å². The molecule has 5 heterocycles. The summed E-state index contributed by atoms with van der Waals surface area (Å²) in [6.07, 6.45) is 3.01. The van der Waals surface area contributed by atoms with E-state index in [2.05, 4.69) is 20.4 Å². The Morgan fingerprint density at radius 3 is 2.94 bits per heavy atom. The number of pyridine rings is 1. The molecule has 1 aliphatic carbocycles. The molecule has 3 atom stereocenters. The minimum Gasteiger partial charge on any atom is -0.457 e. The van der Waals surface area contributed by atoms with Gasteiger partial charge in [-0.2, -0.15) is 4.68 Å². The Hall–Kier alpha value is -3.70. The first-order chi connectivity index (χ1) is 17.6. The van der Waals surface area contributed by atoms with Gasteiger partial charge >= 0.3 is 5.97 Å². The normalized spacial score (nSPS) is 25.3. The van der Waals surface area contributed by atoms with Gasteiger partial charge in [0, 0.05) is 37.4 Å². The number of carbonyl (C=O) groups excluding carboxylic acids is 2. The van der Waals surface area contributed by atoms with Gasteiger partial charge in [0.05, 0.1) is 30.2 Å². The summed E-state index contributed by atoms with van der Waals surface area (Å²) in [5, 5.41) is 11.2. The van der Waals surface area contributed by atoms with E-state index in [9.17, 15) is 9.59 Å². The number of carbonyl (C=O) groups is 2. The van der Waals surface area contributed by atoms with Gasteiger partial charge in [-0.25, -0.2) is 9.78 Å². The van der Waals surface area contributed by atoms with E-state index in [-0.39, 0.29) is 29.9 Å².